The minimum atomic E-state index is -4.34. The lowest BCUT2D eigenvalue weighted by molar-refractivity contribution is -0.229. The molecule has 0 bridgehead atoms. The lowest BCUT2D eigenvalue weighted by Gasteiger charge is -2.24. The highest BCUT2D eigenvalue weighted by molar-refractivity contribution is 7.45. The summed E-state index contributed by atoms with van der Waals surface area (Å²) in [5.74, 6) is 0.711. The van der Waals surface area contributed by atoms with Crippen LogP contribution < -0.4 is 9.63 Å². The first-order valence-corrected chi connectivity index (χ1v) is 11.5. The van der Waals surface area contributed by atoms with Crippen LogP contribution in [0.4, 0.5) is 0 Å². The van der Waals surface area contributed by atoms with Gasteiger partial charge >= 0.3 is 0 Å². The van der Waals surface area contributed by atoms with E-state index in [1.165, 1.54) is 0 Å². The van der Waals surface area contributed by atoms with Gasteiger partial charge in [-0.25, -0.2) is 0 Å². The third kappa shape index (κ3) is 7.31. The average molecular weight is 441 g/mol. The molecule has 6 nitrogen and oxygen atoms in total. The molecule has 0 amide bonds. The molecule has 164 valence electrons. The topological polar surface area (TPSA) is 88.1 Å². The van der Waals surface area contributed by atoms with Gasteiger partial charge in [0.25, 0.3) is 7.82 Å². The Morgan fingerprint density at radius 2 is 1.48 bits per heavy atom. The number of rotatable bonds is 10. The van der Waals surface area contributed by atoms with Crippen LogP contribution >= 0.6 is 7.82 Å². The van der Waals surface area contributed by atoms with E-state index < -0.39 is 13.9 Å². The van der Waals surface area contributed by atoms with Crippen LogP contribution in [-0.2, 0) is 33.4 Å². The number of ether oxygens (including phenoxy) is 1. The van der Waals surface area contributed by atoms with Gasteiger partial charge in [0, 0.05) is 0 Å². The Hall–Kier alpha value is -2.47. The highest BCUT2D eigenvalue weighted by atomic mass is 31.2. The second-order valence-electron chi connectivity index (χ2n) is 7.37. The molecule has 3 aromatic carbocycles. The Labute approximate surface area is 182 Å². The third-order valence-electron chi connectivity index (χ3n) is 4.40. The largest absolute Gasteiger partial charge is 0.756 e. The number of hydrogen-bond donors (Lipinski definition) is 1. The molecule has 0 saturated carbocycles. The predicted molar refractivity (Wildman–Crippen MR) is 117 cm³/mol. The van der Waals surface area contributed by atoms with E-state index in [9.17, 15) is 14.6 Å². The molecule has 7 heteroatoms. The quantitative estimate of drug-likeness (QED) is 0.453. The number of aliphatic hydroxyl groups is 1. The summed E-state index contributed by atoms with van der Waals surface area (Å²) in [6.07, 6.45) is -0.469. The SMILES string of the molecule is CC(C)OP(=O)([O-])OCc1cccc(-c2cccc(OCc3cccc(CO)c3)c2)c1. The molecule has 0 aromatic heterocycles. The number of phosphoric ester groups is 1. The molecular formula is C24H26O6P-. The lowest BCUT2D eigenvalue weighted by Crippen LogP contribution is -2.12. The van der Waals surface area contributed by atoms with Gasteiger partial charge in [-0.3, -0.25) is 4.57 Å². The van der Waals surface area contributed by atoms with Gasteiger partial charge in [0.05, 0.1) is 19.3 Å². The van der Waals surface area contributed by atoms with Gasteiger partial charge < -0.3 is 23.8 Å². The standard InChI is InChI=1S/C24H27O6P/c1-18(2)30-31(26,27)29-17-21-8-4-9-22(13-21)23-10-5-11-24(14-23)28-16-20-7-3-6-19(12-20)15-25/h3-14,18,25H,15-17H2,1-2H3,(H,26,27)/p-1. The van der Waals surface area contributed by atoms with Gasteiger partial charge in [-0.2, -0.15) is 0 Å². The molecule has 0 spiro atoms. The fraction of sp³-hybridized carbons (Fsp3) is 0.250. The summed E-state index contributed by atoms with van der Waals surface area (Å²) in [5, 5.41) is 9.26. The van der Waals surface area contributed by atoms with Crippen molar-refractivity contribution in [2.45, 2.75) is 39.8 Å². The van der Waals surface area contributed by atoms with Gasteiger partial charge in [-0.1, -0.05) is 54.6 Å². The summed E-state index contributed by atoms with van der Waals surface area (Å²) in [6.45, 7) is 3.55. The van der Waals surface area contributed by atoms with Crippen LogP contribution in [0.25, 0.3) is 11.1 Å². The van der Waals surface area contributed by atoms with Crippen LogP contribution in [0.5, 0.6) is 5.75 Å². The molecule has 1 N–H and O–H groups in total. The van der Waals surface area contributed by atoms with Crippen molar-refractivity contribution in [1.82, 2.24) is 0 Å². The van der Waals surface area contributed by atoms with E-state index in [0.29, 0.717) is 17.9 Å². The first-order valence-electron chi connectivity index (χ1n) is 9.99. The van der Waals surface area contributed by atoms with Crippen LogP contribution in [0.15, 0.2) is 72.8 Å². The normalized spacial score (nSPS) is 13.2. The maximum atomic E-state index is 11.8. The van der Waals surface area contributed by atoms with Crippen molar-refractivity contribution >= 4 is 7.82 Å². The summed E-state index contributed by atoms with van der Waals surface area (Å²) in [5.41, 5.74) is 4.39. The Bertz CT molecular complexity index is 1050. The Kier molecular flexibility index (Phi) is 8.02. The van der Waals surface area contributed by atoms with Crippen molar-refractivity contribution < 1.29 is 28.3 Å². The van der Waals surface area contributed by atoms with Crippen molar-refractivity contribution in [3.63, 3.8) is 0 Å². The van der Waals surface area contributed by atoms with E-state index in [-0.39, 0.29) is 13.2 Å². The van der Waals surface area contributed by atoms with E-state index >= 15 is 0 Å². The fourth-order valence-corrected chi connectivity index (χ4v) is 3.92. The Balaban J connectivity index is 1.67. The smallest absolute Gasteiger partial charge is 0.268 e. The van der Waals surface area contributed by atoms with Crippen molar-refractivity contribution in [2.75, 3.05) is 0 Å². The summed E-state index contributed by atoms with van der Waals surface area (Å²) >= 11 is 0. The monoisotopic (exact) mass is 441 g/mol. The van der Waals surface area contributed by atoms with Crippen LogP contribution in [0.3, 0.4) is 0 Å². The predicted octanol–water partition coefficient (Wildman–Crippen LogP) is 4.83. The van der Waals surface area contributed by atoms with E-state index in [4.69, 9.17) is 13.8 Å². The molecule has 0 aliphatic rings. The third-order valence-corrected chi connectivity index (χ3v) is 5.53. The van der Waals surface area contributed by atoms with Gasteiger partial charge in [0.1, 0.15) is 12.4 Å². The molecule has 0 saturated heterocycles. The number of benzene rings is 3. The molecule has 0 aliphatic carbocycles. The summed E-state index contributed by atoms with van der Waals surface area (Å²) < 4.78 is 27.5. The van der Waals surface area contributed by atoms with E-state index in [1.54, 1.807) is 19.9 Å². The van der Waals surface area contributed by atoms with Crippen LogP contribution in [-0.4, -0.2) is 11.2 Å². The van der Waals surface area contributed by atoms with Gasteiger partial charge in [0.2, 0.25) is 0 Å². The van der Waals surface area contributed by atoms with E-state index in [2.05, 4.69) is 0 Å². The zero-order valence-corrected chi connectivity index (χ0v) is 18.5. The molecule has 0 fully saturated rings. The summed E-state index contributed by atoms with van der Waals surface area (Å²) in [7, 11) is -4.34. The van der Waals surface area contributed by atoms with Crippen LogP contribution in [0.1, 0.15) is 30.5 Å². The Morgan fingerprint density at radius 3 is 2.19 bits per heavy atom. The Morgan fingerprint density at radius 1 is 0.871 bits per heavy atom. The van der Waals surface area contributed by atoms with E-state index in [1.807, 2.05) is 66.7 Å². The molecule has 3 rings (SSSR count). The minimum Gasteiger partial charge on any atom is -0.756 e. The highest BCUT2D eigenvalue weighted by Crippen LogP contribution is 2.40. The van der Waals surface area contributed by atoms with Crippen LogP contribution in [0.2, 0.25) is 0 Å². The average Bonchev–Trinajstić information content (AvgIpc) is 2.76. The van der Waals surface area contributed by atoms with Crippen LogP contribution in [0, 0.1) is 0 Å². The van der Waals surface area contributed by atoms with Gasteiger partial charge in [-0.05, 0) is 59.9 Å². The maximum Gasteiger partial charge on any atom is 0.268 e. The van der Waals surface area contributed by atoms with Crippen molar-refractivity contribution in [1.29, 1.82) is 0 Å². The summed E-state index contributed by atoms with van der Waals surface area (Å²) in [6, 6.07) is 22.7. The minimum absolute atomic E-state index is 0.00518. The second-order valence-corrected chi connectivity index (χ2v) is 8.73. The molecule has 0 radical (unpaired) electrons. The number of aliphatic hydroxyl groups excluding tert-OH is 1. The zero-order chi connectivity index (χ0) is 22.3. The highest BCUT2D eigenvalue weighted by Gasteiger charge is 2.12. The molecule has 31 heavy (non-hydrogen) atoms. The van der Waals surface area contributed by atoms with Gasteiger partial charge in [-0.15, -0.1) is 0 Å². The van der Waals surface area contributed by atoms with Crippen molar-refractivity contribution in [2.24, 2.45) is 0 Å². The first-order chi connectivity index (χ1) is 14.8. The molecule has 0 aliphatic heterocycles. The molecular weight excluding hydrogens is 415 g/mol. The first kappa shape index (κ1) is 23.2. The van der Waals surface area contributed by atoms with E-state index in [0.717, 1.165) is 22.3 Å². The van der Waals surface area contributed by atoms with Crippen molar-refractivity contribution in [3.05, 3.63) is 89.5 Å². The zero-order valence-electron chi connectivity index (χ0n) is 17.6. The number of hydrogen-bond acceptors (Lipinski definition) is 6. The van der Waals surface area contributed by atoms with Crippen molar-refractivity contribution in [3.8, 4) is 16.9 Å². The lowest BCUT2D eigenvalue weighted by atomic mass is 10.0. The molecule has 1 atom stereocenters. The second kappa shape index (κ2) is 10.7. The maximum absolute atomic E-state index is 11.8. The summed E-state index contributed by atoms with van der Waals surface area (Å²) in [4.78, 5) is 11.8. The number of phosphoric acid groups is 1. The van der Waals surface area contributed by atoms with Gasteiger partial charge in [0.15, 0.2) is 0 Å². The molecule has 0 heterocycles. The molecule has 1 unspecified atom stereocenters. The molecule has 3 aromatic rings. The fourth-order valence-electron chi connectivity index (χ4n) is 3.03.